The van der Waals surface area contributed by atoms with E-state index in [2.05, 4.69) is 72.8 Å². The average molecular weight is 855 g/mol. The highest BCUT2D eigenvalue weighted by atomic mass is 16.6. The van der Waals surface area contributed by atoms with Crippen LogP contribution in [0.4, 0.5) is 0 Å². The van der Waals surface area contributed by atoms with E-state index in [4.69, 9.17) is 23.4 Å². The lowest BCUT2D eigenvalue weighted by atomic mass is 9.68. The third-order valence-electron chi connectivity index (χ3n) is 13.5. The standard InChI is InChI=1S/C53H58O10/c1-32(30-55)42-20-15-33-13-16-36(17-14-33)43-21-18-38(37-12-8-11-35(26-37)25-34-9-6-5-7-10-34)27-41(43)29-46(56)60-49-47-45(63-53(2,3)50(49)62-51(42)57)22-19-39-28-44(52(58)61-48(39)47)40(23-24-54)31-59-4/h5-14,16-17,19,22,26,28,38,40-41,43,49-50,54-55H,15,18,20-21,23-25,27,29-31H2,1-4H3/b42-32-/t38-,40-,41+,43+,49-,50+/m1/s1. The Bertz CT molecular complexity index is 2510. The number of ether oxygens (including phenoxy) is 4. The molecule has 63 heavy (non-hydrogen) atoms. The zero-order valence-corrected chi connectivity index (χ0v) is 36.6. The molecule has 6 atom stereocenters. The van der Waals surface area contributed by atoms with Crippen molar-refractivity contribution in [3.8, 4) is 5.75 Å². The van der Waals surface area contributed by atoms with Gasteiger partial charge in [0.25, 0.3) is 0 Å². The molecule has 1 aliphatic carbocycles. The molecule has 0 amide bonds. The Labute approximate surface area is 368 Å². The number of carbonyl (C=O) groups excluding carboxylic acids is 2. The summed E-state index contributed by atoms with van der Waals surface area (Å²) >= 11 is 0. The number of carbonyl (C=O) groups is 2. The first-order valence-electron chi connectivity index (χ1n) is 22.3. The van der Waals surface area contributed by atoms with E-state index in [1.54, 1.807) is 39.0 Å². The second-order valence-electron chi connectivity index (χ2n) is 18.1. The molecule has 4 aliphatic rings. The molecule has 5 aromatic rings. The molecule has 1 aromatic heterocycles. The fraction of sp³-hybridized carbons (Fsp3) is 0.415. The van der Waals surface area contributed by atoms with Crippen molar-refractivity contribution in [3.05, 3.63) is 158 Å². The van der Waals surface area contributed by atoms with Crippen molar-refractivity contribution in [3.63, 3.8) is 0 Å². The van der Waals surface area contributed by atoms with Crippen LogP contribution >= 0.6 is 0 Å². The molecule has 0 unspecified atom stereocenters. The van der Waals surface area contributed by atoms with Crippen molar-refractivity contribution in [2.75, 3.05) is 26.9 Å². The minimum Gasteiger partial charge on any atom is -0.483 e. The highest BCUT2D eigenvalue weighted by Gasteiger charge is 2.51. The van der Waals surface area contributed by atoms with Gasteiger partial charge >= 0.3 is 17.6 Å². The Morgan fingerprint density at radius 1 is 0.857 bits per heavy atom. The number of aliphatic hydroxyl groups excluding tert-OH is 2. The van der Waals surface area contributed by atoms with Crippen LogP contribution in [0.15, 0.2) is 117 Å². The lowest BCUT2D eigenvalue weighted by Crippen LogP contribution is -2.52. The van der Waals surface area contributed by atoms with Gasteiger partial charge in [-0.1, -0.05) is 78.9 Å². The first-order valence-corrected chi connectivity index (χ1v) is 22.3. The third-order valence-corrected chi connectivity index (χ3v) is 13.5. The van der Waals surface area contributed by atoms with Gasteiger partial charge in [0.05, 0.1) is 18.8 Å². The van der Waals surface area contributed by atoms with Gasteiger partial charge in [0.15, 0.2) is 12.2 Å². The van der Waals surface area contributed by atoms with Crippen LogP contribution in [0.5, 0.6) is 5.75 Å². The smallest absolute Gasteiger partial charge is 0.339 e. The van der Waals surface area contributed by atoms with Crippen LogP contribution in [0.1, 0.15) is 122 Å². The van der Waals surface area contributed by atoms with Crippen molar-refractivity contribution in [2.45, 2.75) is 108 Å². The van der Waals surface area contributed by atoms with E-state index in [9.17, 15) is 24.6 Å². The van der Waals surface area contributed by atoms with E-state index in [1.807, 2.05) is 6.07 Å². The van der Waals surface area contributed by atoms with Crippen LogP contribution in [0, 0.1) is 5.92 Å². The second-order valence-corrected chi connectivity index (χ2v) is 18.1. The minimum atomic E-state index is -1.22. The van der Waals surface area contributed by atoms with Gasteiger partial charge in [-0.2, -0.15) is 0 Å². The molecule has 10 heteroatoms. The zero-order valence-electron chi connectivity index (χ0n) is 36.6. The maximum atomic E-state index is 14.8. The highest BCUT2D eigenvalue weighted by Crippen LogP contribution is 2.49. The second kappa shape index (κ2) is 19.1. The number of aryl methyl sites for hydroxylation is 1. The molecule has 1 saturated carbocycles. The first kappa shape index (κ1) is 44.1. The molecule has 330 valence electrons. The van der Waals surface area contributed by atoms with Crippen molar-refractivity contribution < 1.29 is 43.2 Å². The molecule has 9 rings (SSSR count). The van der Waals surface area contributed by atoms with Gasteiger partial charge in [-0.15, -0.1) is 0 Å². The number of aliphatic hydroxyl groups is 2. The quantitative estimate of drug-likeness (QED) is 0.0838. The number of esters is 2. The van der Waals surface area contributed by atoms with E-state index in [1.165, 1.54) is 23.8 Å². The molecule has 0 saturated heterocycles. The number of rotatable bonds is 9. The SMILES string of the molecule is COC[C@@H](CCO)c1cc2ccc3c(c2oc1=O)[C@H]1OC(=O)C[C@@H]2C[C@H](c4cccc(Cc5ccccc5)c4)CC[C@H]2c2ccc(cc2)CC/C(=C(\C)CO)C(=O)O[C@@H]1C(C)(C)O3. The van der Waals surface area contributed by atoms with E-state index in [0.717, 1.165) is 36.8 Å². The largest absolute Gasteiger partial charge is 0.483 e. The molecular weight excluding hydrogens is 797 g/mol. The number of hydrogen-bond acceptors (Lipinski definition) is 10. The van der Waals surface area contributed by atoms with E-state index in [0.29, 0.717) is 52.7 Å². The van der Waals surface area contributed by atoms with Crippen LogP contribution in [0.25, 0.3) is 11.0 Å². The lowest BCUT2D eigenvalue weighted by molar-refractivity contribution is -0.188. The summed E-state index contributed by atoms with van der Waals surface area (Å²) in [7, 11) is 1.54. The summed E-state index contributed by atoms with van der Waals surface area (Å²) in [5, 5.41) is 20.6. The summed E-state index contributed by atoms with van der Waals surface area (Å²) < 4.78 is 31.1. The van der Waals surface area contributed by atoms with Gasteiger partial charge in [-0.05, 0) is 135 Å². The number of hydrogen-bond donors (Lipinski definition) is 2. The maximum absolute atomic E-state index is 14.8. The lowest BCUT2D eigenvalue weighted by Gasteiger charge is -2.43. The van der Waals surface area contributed by atoms with Gasteiger partial charge in [0, 0.05) is 42.6 Å². The monoisotopic (exact) mass is 854 g/mol. The summed E-state index contributed by atoms with van der Waals surface area (Å²) in [6.07, 6.45) is 2.32. The van der Waals surface area contributed by atoms with E-state index < -0.39 is 41.3 Å². The summed E-state index contributed by atoms with van der Waals surface area (Å²) in [6.45, 7) is 4.97. The normalized spacial score (nSPS) is 23.7. The number of methoxy groups -OCH3 is 1. The predicted molar refractivity (Wildman–Crippen MR) is 240 cm³/mol. The molecule has 0 radical (unpaired) electrons. The number of benzene rings is 4. The third kappa shape index (κ3) is 9.54. The molecule has 2 bridgehead atoms. The summed E-state index contributed by atoms with van der Waals surface area (Å²) in [5.41, 5.74) is 5.72. The molecule has 4 aromatic carbocycles. The molecule has 2 N–H and O–H groups in total. The van der Waals surface area contributed by atoms with Crippen LogP contribution in [0.3, 0.4) is 0 Å². The Kier molecular flexibility index (Phi) is 13.3. The van der Waals surface area contributed by atoms with Gasteiger partial charge in [0.2, 0.25) is 0 Å². The summed E-state index contributed by atoms with van der Waals surface area (Å²) in [6, 6.07) is 33.0. The average Bonchev–Trinajstić information content (AvgIpc) is 3.27. The molecule has 3 aliphatic heterocycles. The van der Waals surface area contributed by atoms with Crippen molar-refractivity contribution in [1.82, 2.24) is 0 Å². The van der Waals surface area contributed by atoms with E-state index >= 15 is 0 Å². The van der Waals surface area contributed by atoms with Crippen molar-refractivity contribution in [2.24, 2.45) is 5.92 Å². The van der Waals surface area contributed by atoms with Crippen LogP contribution in [-0.4, -0.2) is 60.8 Å². The Balaban J connectivity index is 1.20. The zero-order chi connectivity index (χ0) is 44.3. The maximum Gasteiger partial charge on any atom is 0.339 e. The van der Waals surface area contributed by atoms with Gasteiger partial charge in [0.1, 0.15) is 16.9 Å². The Morgan fingerprint density at radius 3 is 2.38 bits per heavy atom. The van der Waals surface area contributed by atoms with Gasteiger partial charge in [-0.25, -0.2) is 9.59 Å². The summed E-state index contributed by atoms with van der Waals surface area (Å²) in [5.74, 6) is -0.954. The number of fused-ring (bicyclic) bond motifs is 11. The Hall–Kier alpha value is -5.55. The highest BCUT2D eigenvalue weighted by molar-refractivity contribution is 5.90. The van der Waals surface area contributed by atoms with Gasteiger partial charge in [-0.3, -0.25) is 4.79 Å². The molecular formula is C53H58O10. The fourth-order valence-corrected chi connectivity index (χ4v) is 10.1. The fourth-order valence-electron chi connectivity index (χ4n) is 10.1. The topological polar surface area (TPSA) is 142 Å². The van der Waals surface area contributed by atoms with Crippen LogP contribution in [0.2, 0.25) is 0 Å². The summed E-state index contributed by atoms with van der Waals surface area (Å²) in [4.78, 5) is 42.9. The van der Waals surface area contributed by atoms with Crippen molar-refractivity contribution in [1.29, 1.82) is 0 Å². The first-order chi connectivity index (χ1) is 30.5. The molecule has 10 nitrogen and oxygen atoms in total. The van der Waals surface area contributed by atoms with E-state index in [-0.39, 0.29) is 49.6 Å². The molecule has 0 spiro atoms. The molecule has 1 fully saturated rings. The molecule has 4 heterocycles. The predicted octanol–water partition coefficient (Wildman–Crippen LogP) is 9.18. The van der Waals surface area contributed by atoms with Crippen LogP contribution in [-0.2, 0) is 36.6 Å². The Morgan fingerprint density at radius 2 is 1.63 bits per heavy atom. The van der Waals surface area contributed by atoms with Crippen LogP contribution < -0.4 is 10.4 Å². The minimum absolute atomic E-state index is 0.0694. The van der Waals surface area contributed by atoms with Gasteiger partial charge < -0.3 is 33.6 Å². The van der Waals surface area contributed by atoms with Crippen molar-refractivity contribution >= 4 is 22.9 Å².